The molecule has 32 heavy (non-hydrogen) atoms. The van der Waals surface area contributed by atoms with E-state index in [0.717, 1.165) is 22.6 Å². The van der Waals surface area contributed by atoms with Gasteiger partial charge in [-0.2, -0.15) is 0 Å². The van der Waals surface area contributed by atoms with E-state index in [-0.39, 0.29) is 17.8 Å². The summed E-state index contributed by atoms with van der Waals surface area (Å²) in [5, 5.41) is 0.532. The third-order valence-corrected chi connectivity index (χ3v) is 8.12. The van der Waals surface area contributed by atoms with Crippen molar-refractivity contribution in [1.29, 1.82) is 0 Å². The number of hydrogen-bond donors (Lipinski definition) is 0. The highest BCUT2D eigenvalue weighted by Crippen LogP contribution is 2.52. The molecule has 0 bridgehead atoms. The summed E-state index contributed by atoms with van der Waals surface area (Å²) in [7, 11) is -4.27. The molecule has 0 aliphatic carbocycles. The zero-order chi connectivity index (χ0) is 22.7. The lowest BCUT2D eigenvalue weighted by molar-refractivity contribution is -0.123. The first-order valence-corrected chi connectivity index (χ1v) is 11.8. The highest BCUT2D eigenvalue weighted by atomic mass is 35.5. The molecule has 162 valence electrons. The molecule has 6 nitrogen and oxygen atoms in total. The zero-order valence-electron chi connectivity index (χ0n) is 16.5. The number of anilines is 2. The first-order valence-electron chi connectivity index (χ1n) is 9.72. The highest BCUT2D eigenvalue weighted by Gasteiger charge is 2.69. The van der Waals surface area contributed by atoms with Gasteiger partial charge in [-0.05, 0) is 48.0 Å². The van der Waals surface area contributed by atoms with Gasteiger partial charge in [0.2, 0.25) is 5.91 Å². The van der Waals surface area contributed by atoms with Crippen LogP contribution in [-0.4, -0.2) is 26.0 Å². The summed E-state index contributed by atoms with van der Waals surface area (Å²) >= 11 is 5.96. The Bertz CT molecular complexity index is 1360. The zero-order valence-corrected chi connectivity index (χ0v) is 18.1. The van der Waals surface area contributed by atoms with Crippen LogP contribution in [0.2, 0.25) is 5.02 Å². The van der Waals surface area contributed by atoms with E-state index in [1.54, 1.807) is 48.5 Å². The summed E-state index contributed by atoms with van der Waals surface area (Å²) < 4.78 is 40.5. The van der Waals surface area contributed by atoms with Gasteiger partial charge in [-0.1, -0.05) is 41.9 Å². The molecule has 1 atom stereocenters. The van der Waals surface area contributed by atoms with Crippen molar-refractivity contribution in [2.45, 2.75) is 11.4 Å². The molecule has 1 unspecified atom stereocenters. The van der Waals surface area contributed by atoms with Crippen LogP contribution < -0.4 is 9.80 Å². The summed E-state index contributed by atoms with van der Waals surface area (Å²) in [4.78, 5) is 27.0. The van der Waals surface area contributed by atoms with Crippen LogP contribution in [0.1, 0.15) is 11.1 Å². The van der Waals surface area contributed by atoms with Crippen molar-refractivity contribution in [3.63, 3.8) is 0 Å². The Morgan fingerprint density at radius 1 is 0.938 bits per heavy atom. The van der Waals surface area contributed by atoms with E-state index < -0.39 is 38.1 Å². The molecule has 1 spiro atoms. The van der Waals surface area contributed by atoms with Gasteiger partial charge >= 0.3 is 0 Å². The van der Waals surface area contributed by atoms with Crippen LogP contribution >= 0.6 is 11.6 Å². The summed E-state index contributed by atoms with van der Waals surface area (Å²) in [6.07, 6.45) is 0. The SMILES string of the molecule is O=C1CS(=O)(=O)C2(C(=O)N(Cc3ccc(Cl)cc3)c3ccccc32)N1c1ccc(F)cc1. The van der Waals surface area contributed by atoms with Crippen LogP contribution in [0.25, 0.3) is 0 Å². The van der Waals surface area contributed by atoms with Crippen molar-refractivity contribution < 1.29 is 22.4 Å². The molecular weight excluding hydrogens is 455 g/mol. The number of fused-ring (bicyclic) bond motifs is 2. The number of sulfone groups is 1. The first-order chi connectivity index (χ1) is 15.3. The Labute approximate surface area is 188 Å². The number of amides is 2. The highest BCUT2D eigenvalue weighted by molar-refractivity contribution is 7.94. The van der Waals surface area contributed by atoms with Crippen LogP contribution in [-0.2, 0) is 30.8 Å². The van der Waals surface area contributed by atoms with Crippen LogP contribution in [0.4, 0.5) is 15.8 Å². The summed E-state index contributed by atoms with van der Waals surface area (Å²) in [6, 6.07) is 18.2. The Morgan fingerprint density at radius 2 is 1.59 bits per heavy atom. The topological polar surface area (TPSA) is 74.8 Å². The van der Waals surface area contributed by atoms with Crippen molar-refractivity contribution in [3.05, 3.63) is 94.8 Å². The minimum atomic E-state index is -4.27. The molecule has 3 aromatic carbocycles. The van der Waals surface area contributed by atoms with Gasteiger partial charge in [0.25, 0.3) is 10.8 Å². The molecule has 1 saturated heterocycles. The molecule has 2 amide bonds. The van der Waals surface area contributed by atoms with Crippen molar-refractivity contribution in [3.8, 4) is 0 Å². The van der Waals surface area contributed by atoms with E-state index in [4.69, 9.17) is 11.6 Å². The van der Waals surface area contributed by atoms with Crippen molar-refractivity contribution in [2.24, 2.45) is 0 Å². The normalized spacial score (nSPS) is 21.4. The maximum absolute atomic E-state index is 13.9. The van der Waals surface area contributed by atoms with Crippen molar-refractivity contribution in [1.82, 2.24) is 0 Å². The standard InChI is InChI=1S/C23H16ClFN2O4S/c24-16-7-5-15(6-8-16)13-26-20-4-2-1-3-19(20)23(22(26)29)27(21(28)14-32(23,30)31)18-11-9-17(25)10-12-18/h1-12H,13-14H2. The van der Waals surface area contributed by atoms with Gasteiger partial charge in [0.1, 0.15) is 11.6 Å². The number of benzene rings is 3. The van der Waals surface area contributed by atoms with E-state index in [2.05, 4.69) is 0 Å². The molecule has 1 fully saturated rings. The summed E-state index contributed by atoms with van der Waals surface area (Å²) in [6.45, 7) is 0.0930. The van der Waals surface area contributed by atoms with E-state index >= 15 is 0 Å². The smallest absolute Gasteiger partial charge is 0.274 e. The fourth-order valence-electron chi connectivity index (χ4n) is 4.41. The maximum atomic E-state index is 13.9. The van der Waals surface area contributed by atoms with Gasteiger partial charge in [-0.3, -0.25) is 14.5 Å². The average molecular weight is 471 g/mol. The van der Waals surface area contributed by atoms with Gasteiger partial charge < -0.3 is 4.90 Å². The van der Waals surface area contributed by atoms with Crippen molar-refractivity contribution >= 4 is 44.6 Å². The lowest BCUT2D eigenvalue weighted by atomic mass is 10.0. The molecule has 2 heterocycles. The minimum Gasteiger partial charge on any atom is -0.304 e. The van der Waals surface area contributed by atoms with E-state index in [9.17, 15) is 22.4 Å². The van der Waals surface area contributed by atoms with Crippen LogP contribution in [0.15, 0.2) is 72.8 Å². The fourth-order valence-corrected chi connectivity index (χ4v) is 6.57. The quantitative estimate of drug-likeness (QED) is 0.585. The maximum Gasteiger partial charge on any atom is 0.274 e. The molecule has 0 N–H and O–H groups in total. The Hall–Kier alpha value is -3.23. The summed E-state index contributed by atoms with van der Waals surface area (Å²) in [5.41, 5.74) is 1.48. The average Bonchev–Trinajstić information content (AvgIpc) is 3.13. The second-order valence-corrected chi connectivity index (χ2v) is 10.2. The number of carbonyl (C=O) groups excluding carboxylic acids is 2. The van der Waals surface area contributed by atoms with E-state index in [1.807, 2.05) is 0 Å². The Balaban J connectivity index is 1.72. The Morgan fingerprint density at radius 3 is 2.28 bits per heavy atom. The minimum absolute atomic E-state index is 0.0930. The Kier molecular flexibility index (Phi) is 4.61. The van der Waals surface area contributed by atoms with Crippen molar-refractivity contribution in [2.75, 3.05) is 15.6 Å². The monoisotopic (exact) mass is 470 g/mol. The second-order valence-electron chi connectivity index (χ2n) is 7.64. The second kappa shape index (κ2) is 7.15. The predicted octanol–water partition coefficient (Wildman–Crippen LogP) is 3.64. The molecule has 3 aromatic rings. The number of hydrogen-bond acceptors (Lipinski definition) is 4. The molecule has 0 aromatic heterocycles. The lowest BCUT2D eigenvalue weighted by Crippen LogP contribution is -2.54. The molecule has 2 aliphatic rings. The number of halogens is 2. The predicted molar refractivity (Wildman–Crippen MR) is 118 cm³/mol. The molecular formula is C23H16ClFN2O4S. The molecule has 9 heteroatoms. The van der Waals surface area contributed by atoms with Gasteiger partial charge in [-0.25, -0.2) is 12.8 Å². The van der Waals surface area contributed by atoms with E-state index in [0.29, 0.717) is 10.7 Å². The molecule has 5 rings (SSSR count). The van der Waals surface area contributed by atoms with E-state index in [1.165, 1.54) is 17.0 Å². The summed E-state index contributed by atoms with van der Waals surface area (Å²) in [5.74, 6) is -2.85. The molecule has 2 aliphatic heterocycles. The fraction of sp³-hybridized carbons (Fsp3) is 0.130. The largest absolute Gasteiger partial charge is 0.304 e. The number of rotatable bonds is 3. The number of carbonyl (C=O) groups is 2. The third kappa shape index (κ3) is 2.79. The molecule has 0 saturated carbocycles. The first kappa shape index (κ1) is 20.7. The molecule has 0 radical (unpaired) electrons. The van der Waals surface area contributed by atoms with Gasteiger partial charge in [0.15, 0.2) is 9.84 Å². The van der Waals surface area contributed by atoms with Crippen LogP contribution in [0.3, 0.4) is 0 Å². The van der Waals surface area contributed by atoms with Gasteiger partial charge in [0.05, 0.1) is 12.2 Å². The number of para-hydroxylation sites is 1. The van der Waals surface area contributed by atoms with Gasteiger partial charge in [0, 0.05) is 16.3 Å². The van der Waals surface area contributed by atoms with Gasteiger partial charge in [-0.15, -0.1) is 0 Å². The van der Waals surface area contributed by atoms with Crippen LogP contribution in [0.5, 0.6) is 0 Å². The lowest BCUT2D eigenvalue weighted by Gasteiger charge is -2.32. The third-order valence-electron chi connectivity index (χ3n) is 5.76. The van der Waals surface area contributed by atoms with Crippen LogP contribution in [0, 0.1) is 5.82 Å². The number of nitrogens with zero attached hydrogens (tertiary/aromatic N) is 2.